The molecule has 0 saturated heterocycles. The Balaban J connectivity index is 1.49. The zero-order valence-electron chi connectivity index (χ0n) is 20.1. The van der Waals surface area contributed by atoms with Crippen molar-refractivity contribution in [2.24, 2.45) is 16.1 Å². The number of anilines is 1. The van der Waals surface area contributed by atoms with Gasteiger partial charge in [0.05, 0.1) is 28.6 Å². The number of carbonyl (C=O) groups excluding carboxylic acids is 1. The van der Waals surface area contributed by atoms with Crippen molar-refractivity contribution in [3.05, 3.63) is 57.2 Å². The minimum atomic E-state index is -0.622. The quantitative estimate of drug-likeness (QED) is 0.575. The molecule has 3 aliphatic rings. The second kappa shape index (κ2) is 9.22. The number of rotatable bonds is 2. The van der Waals surface area contributed by atoms with Gasteiger partial charge in [0.25, 0.3) is 0 Å². The van der Waals surface area contributed by atoms with Crippen LogP contribution in [0.3, 0.4) is 0 Å². The molecular weight excluding hydrogens is 469 g/mol. The van der Waals surface area contributed by atoms with Crippen molar-refractivity contribution < 1.29 is 13.9 Å². The van der Waals surface area contributed by atoms with E-state index in [-0.39, 0.29) is 11.8 Å². The standard InChI is InChI=1S/C26H29ClFN5O2/c1-26(2,3)35-25(34)33-12-11-17(27)13-20-24(33)18-14-29-32-22(23(18)31-20)16-9-7-15(8-10-16)19-5-4-6-21(28)30-19/h4-6,11,13,15-16,31H,7-10,12,14H2,1-3H3. The molecule has 0 unspecified atom stereocenters. The van der Waals surface area contributed by atoms with E-state index in [0.29, 0.717) is 18.1 Å². The molecule has 1 fully saturated rings. The van der Waals surface area contributed by atoms with E-state index in [2.05, 4.69) is 20.2 Å². The van der Waals surface area contributed by atoms with Crippen molar-refractivity contribution in [1.82, 2.24) is 9.97 Å². The van der Waals surface area contributed by atoms with Gasteiger partial charge in [-0.2, -0.15) is 14.6 Å². The summed E-state index contributed by atoms with van der Waals surface area (Å²) in [5.74, 6) is 0.0184. The highest BCUT2D eigenvalue weighted by molar-refractivity contribution is 6.34. The van der Waals surface area contributed by atoms with E-state index >= 15 is 0 Å². The third kappa shape index (κ3) is 4.89. The predicted octanol–water partition coefficient (Wildman–Crippen LogP) is 5.26. The molecule has 0 atom stereocenters. The van der Waals surface area contributed by atoms with Gasteiger partial charge in [-0.05, 0) is 70.7 Å². The molecule has 1 N–H and O–H groups in total. The average molecular weight is 498 g/mol. The van der Waals surface area contributed by atoms with Crippen LogP contribution in [0.2, 0.25) is 0 Å². The number of nitrogens with zero attached hydrogens (tertiary/aromatic N) is 4. The second-order valence-corrected chi connectivity index (χ2v) is 10.7. The smallest absolute Gasteiger partial charge is 0.415 e. The Morgan fingerprint density at radius 2 is 1.94 bits per heavy atom. The molecular formula is C26H29ClFN5O2. The van der Waals surface area contributed by atoms with Crippen LogP contribution in [-0.2, 0) is 11.3 Å². The Hall–Kier alpha value is -3.00. The van der Waals surface area contributed by atoms with E-state index in [1.54, 1.807) is 17.0 Å². The molecule has 0 aromatic carbocycles. The molecule has 184 valence electrons. The summed E-state index contributed by atoms with van der Waals surface area (Å²) in [4.78, 5) is 22.3. The summed E-state index contributed by atoms with van der Waals surface area (Å²) >= 11 is 6.41. The third-order valence-corrected chi connectivity index (χ3v) is 6.93. The Kier molecular flexibility index (Phi) is 6.25. The van der Waals surface area contributed by atoms with Gasteiger partial charge in [0, 0.05) is 34.7 Å². The lowest BCUT2D eigenvalue weighted by molar-refractivity contribution is 0.0584. The first-order chi connectivity index (χ1) is 16.7. The van der Waals surface area contributed by atoms with E-state index in [4.69, 9.17) is 16.3 Å². The fraction of sp³-hybridized carbons (Fsp3) is 0.462. The van der Waals surface area contributed by atoms with E-state index < -0.39 is 17.6 Å². The van der Waals surface area contributed by atoms with Crippen LogP contribution >= 0.6 is 11.6 Å². The van der Waals surface area contributed by atoms with Crippen LogP contribution in [0.25, 0.3) is 11.8 Å². The highest BCUT2D eigenvalue weighted by atomic mass is 35.5. The van der Waals surface area contributed by atoms with Gasteiger partial charge in [-0.25, -0.2) is 9.78 Å². The van der Waals surface area contributed by atoms with E-state index in [1.165, 1.54) is 6.07 Å². The number of H-pyrrole nitrogens is 1. The maximum Gasteiger partial charge on any atom is 0.415 e. The van der Waals surface area contributed by atoms with Gasteiger partial charge >= 0.3 is 6.09 Å². The summed E-state index contributed by atoms with van der Waals surface area (Å²) in [6, 6.07) is 5.00. The first-order valence-electron chi connectivity index (χ1n) is 12.0. The zero-order chi connectivity index (χ0) is 24.7. The largest absolute Gasteiger partial charge is 0.443 e. The maximum atomic E-state index is 13.6. The number of amides is 1. The minimum Gasteiger partial charge on any atom is -0.443 e. The number of aromatic amines is 1. The number of azo groups is 1. The van der Waals surface area contributed by atoms with Crippen molar-refractivity contribution in [3.63, 3.8) is 0 Å². The predicted molar refractivity (Wildman–Crippen MR) is 133 cm³/mol. The number of pyridine rings is 1. The van der Waals surface area contributed by atoms with Gasteiger partial charge in [0.1, 0.15) is 5.60 Å². The van der Waals surface area contributed by atoms with Crippen molar-refractivity contribution >= 4 is 35.2 Å². The van der Waals surface area contributed by atoms with Crippen LogP contribution in [-0.4, -0.2) is 28.2 Å². The Morgan fingerprint density at radius 3 is 2.66 bits per heavy atom. The van der Waals surface area contributed by atoms with Crippen molar-refractivity contribution in [3.8, 4) is 0 Å². The molecule has 0 radical (unpaired) electrons. The molecule has 7 nitrogen and oxygen atoms in total. The first kappa shape index (κ1) is 23.7. The van der Waals surface area contributed by atoms with Crippen LogP contribution in [0, 0.1) is 11.9 Å². The van der Waals surface area contributed by atoms with Crippen LogP contribution in [0.1, 0.15) is 63.6 Å². The summed E-state index contributed by atoms with van der Waals surface area (Å²) in [7, 11) is 0. The van der Waals surface area contributed by atoms with Gasteiger partial charge in [0.15, 0.2) is 0 Å². The number of hydrogen-bond acceptors (Lipinski definition) is 5. The van der Waals surface area contributed by atoms with Crippen LogP contribution in [0.4, 0.5) is 14.9 Å². The lowest BCUT2D eigenvalue weighted by Gasteiger charge is -2.29. The molecule has 9 heteroatoms. The average Bonchev–Trinajstić information content (AvgIpc) is 3.07. The number of ether oxygens (including phenoxy) is 1. The molecule has 1 saturated carbocycles. The maximum absolute atomic E-state index is 13.6. The molecule has 0 bridgehead atoms. The van der Waals surface area contributed by atoms with E-state index in [9.17, 15) is 9.18 Å². The Bertz CT molecular complexity index is 1330. The van der Waals surface area contributed by atoms with Gasteiger partial charge < -0.3 is 9.72 Å². The normalized spacial score (nSPS) is 22.0. The summed E-state index contributed by atoms with van der Waals surface area (Å²) < 4.78 is 19.3. The van der Waals surface area contributed by atoms with Crippen molar-refractivity contribution in [2.75, 3.05) is 11.4 Å². The fourth-order valence-corrected chi connectivity index (χ4v) is 5.30. The van der Waals surface area contributed by atoms with Crippen LogP contribution < -0.4 is 15.6 Å². The van der Waals surface area contributed by atoms with Gasteiger partial charge in [0.2, 0.25) is 5.95 Å². The molecule has 1 aliphatic carbocycles. The molecule has 4 heterocycles. The van der Waals surface area contributed by atoms with Gasteiger partial charge in [-0.3, -0.25) is 4.90 Å². The van der Waals surface area contributed by atoms with E-state index in [0.717, 1.165) is 59.0 Å². The molecule has 0 spiro atoms. The summed E-state index contributed by atoms with van der Waals surface area (Å²) in [6.07, 6.45) is 6.82. The number of allylic oxidation sites excluding steroid dienone is 1. The SMILES string of the molecule is CC(C)(C)OC(=O)N1CC=C(Cl)C=c2[nH]c3c(c21)CN=NC=3C1CCC(c2cccc(F)n2)CC1. The summed E-state index contributed by atoms with van der Waals surface area (Å²) in [5, 5.41) is 11.2. The molecule has 2 aliphatic heterocycles. The number of aromatic nitrogens is 2. The van der Waals surface area contributed by atoms with Crippen LogP contribution in [0.15, 0.2) is 39.5 Å². The fourth-order valence-electron chi connectivity index (χ4n) is 5.12. The summed E-state index contributed by atoms with van der Waals surface area (Å²) in [6.45, 7) is 6.22. The highest BCUT2D eigenvalue weighted by Gasteiger charge is 2.32. The minimum absolute atomic E-state index is 0.214. The number of carbonyl (C=O) groups is 1. The van der Waals surface area contributed by atoms with Crippen molar-refractivity contribution in [2.45, 2.75) is 64.5 Å². The summed E-state index contributed by atoms with van der Waals surface area (Å²) in [5.41, 5.74) is 2.77. The number of nitrogens with one attached hydrogen (secondary N) is 1. The van der Waals surface area contributed by atoms with Gasteiger partial charge in [-0.1, -0.05) is 17.7 Å². The second-order valence-electron chi connectivity index (χ2n) is 10.3. The van der Waals surface area contributed by atoms with Crippen molar-refractivity contribution in [1.29, 1.82) is 0 Å². The first-order valence-corrected chi connectivity index (χ1v) is 12.4. The van der Waals surface area contributed by atoms with Gasteiger partial charge in [-0.15, -0.1) is 0 Å². The third-order valence-electron chi connectivity index (χ3n) is 6.67. The monoisotopic (exact) mass is 497 g/mol. The number of halogens is 2. The Morgan fingerprint density at radius 1 is 1.20 bits per heavy atom. The molecule has 2 aromatic rings. The zero-order valence-corrected chi connectivity index (χ0v) is 20.9. The lowest BCUT2D eigenvalue weighted by Crippen LogP contribution is -2.39. The highest BCUT2D eigenvalue weighted by Crippen LogP contribution is 2.39. The molecule has 35 heavy (non-hydrogen) atoms. The topological polar surface area (TPSA) is 82.9 Å². The number of hydrogen-bond donors (Lipinski definition) is 1. The van der Waals surface area contributed by atoms with E-state index in [1.807, 2.05) is 32.9 Å². The van der Waals surface area contributed by atoms with Crippen LogP contribution in [0.5, 0.6) is 0 Å². The Labute approximate surface area is 208 Å². The molecule has 5 rings (SSSR count). The lowest BCUT2D eigenvalue weighted by atomic mass is 9.78. The number of fused-ring (bicyclic) bond motifs is 3. The molecule has 2 aromatic heterocycles. The molecule has 1 amide bonds.